The third-order valence-electron chi connectivity index (χ3n) is 3.15. The number of esters is 1. The topological polar surface area (TPSA) is 29.5 Å². The Balaban J connectivity index is 2.15. The number of ether oxygens (including phenoxy) is 1. The van der Waals surface area contributed by atoms with Crippen LogP contribution < -0.4 is 4.90 Å². The summed E-state index contributed by atoms with van der Waals surface area (Å²) < 4.78 is 18.4. The third-order valence-corrected chi connectivity index (χ3v) is 3.89. The van der Waals surface area contributed by atoms with Gasteiger partial charge < -0.3 is 9.64 Å². The molecule has 2 rings (SSSR count). The molecule has 3 nitrogen and oxygen atoms in total. The summed E-state index contributed by atoms with van der Waals surface area (Å²) in [6.45, 7) is 0.633. The number of carbonyl (C=O) groups excluding carboxylic acids is 1. The molecule has 110 valence electrons. The number of rotatable bonds is 4. The van der Waals surface area contributed by atoms with Gasteiger partial charge in [0.15, 0.2) is 0 Å². The van der Waals surface area contributed by atoms with Gasteiger partial charge in [-0.05, 0) is 42.0 Å². The first-order valence-corrected chi connectivity index (χ1v) is 7.14. The Hall–Kier alpha value is -1.88. The number of anilines is 1. The van der Waals surface area contributed by atoms with E-state index in [2.05, 4.69) is 20.7 Å². The van der Waals surface area contributed by atoms with Crippen LogP contribution in [0.25, 0.3) is 0 Å². The highest BCUT2D eigenvalue weighted by Crippen LogP contribution is 2.23. The van der Waals surface area contributed by atoms with Crippen LogP contribution in [0.1, 0.15) is 15.9 Å². The fraction of sp³-hybridized carbons (Fsp3) is 0.188. The molecule has 21 heavy (non-hydrogen) atoms. The maximum Gasteiger partial charge on any atom is 0.337 e. The molecule has 2 aromatic carbocycles. The molecular weight excluding hydrogens is 337 g/mol. The summed E-state index contributed by atoms with van der Waals surface area (Å²) in [4.78, 5) is 13.5. The molecule has 0 bridgehead atoms. The van der Waals surface area contributed by atoms with E-state index in [9.17, 15) is 9.18 Å². The van der Waals surface area contributed by atoms with E-state index in [1.54, 1.807) is 24.3 Å². The summed E-state index contributed by atoms with van der Waals surface area (Å²) in [5.74, 6) is -0.620. The molecule has 0 atom stereocenters. The van der Waals surface area contributed by atoms with Crippen molar-refractivity contribution >= 4 is 27.6 Å². The molecule has 0 spiro atoms. The second-order valence-electron chi connectivity index (χ2n) is 4.63. The number of nitrogens with zero attached hydrogens (tertiary/aromatic N) is 1. The van der Waals surface area contributed by atoms with Gasteiger partial charge in [0.05, 0.1) is 12.7 Å². The molecule has 0 saturated carbocycles. The van der Waals surface area contributed by atoms with E-state index < -0.39 is 0 Å². The highest BCUT2D eigenvalue weighted by atomic mass is 79.9. The highest BCUT2D eigenvalue weighted by molar-refractivity contribution is 9.10. The zero-order valence-electron chi connectivity index (χ0n) is 11.8. The van der Waals surface area contributed by atoms with Crippen LogP contribution in [0.5, 0.6) is 0 Å². The SMILES string of the molecule is COC(=O)c1ccc(CN(C)c2ccc(F)cc2)c(Br)c1. The Morgan fingerprint density at radius 1 is 1.24 bits per heavy atom. The second-order valence-corrected chi connectivity index (χ2v) is 5.48. The van der Waals surface area contributed by atoms with E-state index in [0.29, 0.717) is 12.1 Å². The van der Waals surface area contributed by atoms with Crippen LogP contribution in [-0.2, 0) is 11.3 Å². The quantitative estimate of drug-likeness (QED) is 0.779. The Morgan fingerprint density at radius 2 is 1.90 bits per heavy atom. The number of hydrogen-bond acceptors (Lipinski definition) is 3. The lowest BCUT2D eigenvalue weighted by atomic mass is 10.1. The second kappa shape index (κ2) is 6.72. The van der Waals surface area contributed by atoms with Gasteiger partial charge in [0.25, 0.3) is 0 Å². The highest BCUT2D eigenvalue weighted by Gasteiger charge is 2.10. The van der Waals surface area contributed by atoms with E-state index in [0.717, 1.165) is 15.7 Å². The van der Waals surface area contributed by atoms with Gasteiger partial charge in [-0.3, -0.25) is 0 Å². The summed E-state index contributed by atoms with van der Waals surface area (Å²) in [5.41, 5.74) is 2.44. The van der Waals surface area contributed by atoms with Gasteiger partial charge in [-0.2, -0.15) is 0 Å². The van der Waals surface area contributed by atoms with Crippen molar-refractivity contribution in [2.24, 2.45) is 0 Å². The van der Waals surface area contributed by atoms with Crippen LogP contribution in [0.3, 0.4) is 0 Å². The van der Waals surface area contributed by atoms with Crippen LogP contribution in [0.15, 0.2) is 46.9 Å². The zero-order chi connectivity index (χ0) is 15.4. The maximum atomic E-state index is 12.9. The Bertz CT molecular complexity index is 643. The monoisotopic (exact) mass is 351 g/mol. The van der Waals surface area contributed by atoms with Gasteiger partial charge in [0, 0.05) is 23.8 Å². The normalized spacial score (nSPS) is 10.3. The van der Waals surface area contributed by atoms with Crippen molar-refractivity contribution in [2.75, 3.05) is 19.1 Å². The van der Waals surface area contributed by atoms with Crippen molar-refractivity contribution in [1.82, 2.24) is 0 Å². The lowest BCUT2D eigenvalue weighted by Gasteiger charge is -2.20. The number of halogens is 2. The van der Waals surface area contributed by atoms with Crippen LogP contribution in [-0.4, -0.2) is 20.1 Å². The predicted molar refractivity (Wildman–Crippen MR) is 84.0 cm³/mol. The molecule has 0 aliphatic rings. The summed E-state index contributed by atoms with van der Waals surface area (Å²) >= 11 is 3.46. The average Bonchev–Trinajstić information content (AvgIpc) is 2.49. The molecule has 0 fully saturated rings. The number of benzene rings is 2. The molecule has 0 N–H and O–H groups in total. The van der Waals surface area contributed by atoms with Crippen LogP contribution >= 0.6 is 15.9 Å². The molecule has 0 aliphatic heterocycles. The minimum Gasteiger partial charge on any atom is -0.465 e. The molecule has 0 unspecified atom stereocenters. The van der Waals surface area contributed by atoms with Crippen molar-refractivity contribution in [2.45, 2.75) is 6.54 Å². The standard InChI is InChI=1S/C16H15BrFNO2/c1-19(14-7-5-13(18)6-8-14)10-12-4-3-11(9-15(12)17)16(20)21-2/h3-9H,10H2,1-2H3. The smallest absolute Gasteiger partial charge is 0.337 e. The van der Waals surface area contributed by atoms with E-state index in [1.807, 2.05) is 18.0 Å². The lowest BCUT2D eigenvalue weighted by molar-refractivity contribution is 0.0600. The first kappa shape index (κ1) is 15.5. The first-order chi connectivity index (χ1) is 10.0. The number of hydrogen-bond donors (Lipinski definition) is 0. The summed E-state index contributed by atoms with van der Waals surface area (Å²) in [7, 11) is 3.28. The molecule has 0 radical (unpaired) electrons. The number of methoxy groups -OCH3 is 1. The fourth-order valence-corrected chi connectivity index (χ4v) is 2.47. The molecule has 0 amide bonds. The predicted octanol–water partition coefficient (Wildman–Crippen LogP) is 4.01. The molecule has 0 aliphatic carbocycles. The summed E-state index contributed by atoms with van der Waals surface area (Å²) in [6.07, 6.45) is 0. The lowest BCUT2D eigenvalue weighted by Crippen LogP contribution is -2.16. The fourth-order valence-electron chi connectivity index (χ4n) is 1.96. The van der Waals surface area contributed by atoms with E-state index in [-0.39, 0.29) is 11.8 Å². The third kappa shape index (κ3) is 3.82. The largest absolute Gasteiger partial charge is 0.465 e. The molecule has 0 heterocycles. The molecular formula is C16H15BrFNO2. The van der Waals surface area contributed by atoms with Gasteiger partial charge in [-0.15, -0.1) is 0 Å². The Kier molecular flexibility index (Phi) is 4.96. The molecule has 0 saturated heterocycles. The van der Waals surface area contributed by atoms with E-state index in [4.69, 9.17) is 0 Å². The van der Waals surface area contributed by atoms with Gasteiger partial charge in [-0.1, -0.05) is 22.0 Å². The van der Waals surface area contributed by atoms with Crippen molar-refractivity contribution in [3.05, 3.63) is 63.9 Å². The first-order valence-electron chi connectivity index (χ1n) is 6.34. The van der Waals surface area contributed by atoms with Crippen LogP contribution in [0.4, 0.5) is 10.1 Å². The Labute approximate surface area is 131 Å². The van der Waals surface area contributed by atoms with Crippen molar-refractivity contribution in [1.29, 1.82) is 0 Å². The molecule has 0 aromatic heterocycles. The van der Waals surface area contributed by atoms with E-state index >= 15 is 0 Å². The van der Waals surface area contributed by atoms with E-state index in [1.165, 1.54) is 19.2 Å². The van der Waals surface area contributed by atoms with Crippen LogP contribution in [0.2, 0.25) is 0 Å². The zero-order valence-corrected chi connectivity index (χ0v) is 13.4. The summed E-state index contributed by atoms with van der Waals surface area (Å²) in [6, 6.07) is 11.7. The van der Waals surface area contributed by atoms with Gasteiger partial charge in [0.2, 0.25) is 0 Å². The van der Waals surface area contributed by atoms with Crippen molar-refractivity contribution in [3.8, 4) is 0 Å². The minimum absolute atomic E-state index is 0.254. The van der Waals surface area contributed by atoms with Gasteiger partial charge >= 0.3 is 5.97 Å². The molecule has 5 heteroatoms. The minimum atomic E-state index is -0.367. The van der Waals surface area contributed by atoms with Crippen molar-refractivity contribution in [3.63, 3.8) is 0 Å². The maximum absolute atomic E-state index is 12.9. The van der Waals surface area contributed by atoms with Gasteiger partial charge in [-0.25, -0.2) is 9.18 Å². The van der Waals surface area contributed by atoms with Gasteiger partial charge in [0.1, 0.15) is 5.82 Å². The molecule has 2 aromatic rings. The number of carbonyl (C=O) groups is 1. The Morgan fingerprint density at radius 3 is 2.48 bits per heavy atom. The summed E-state index contributed by atoms with van der Waals surface area (Å²) in [5, 5.41) is 0. The van der Waals surface area contributed by atoms with Crippen molar-refractivity contribution < 1.29 is 13.9 Å². The van der Waals surface area contributed by atoms with Crippen LogP contribution in [0, 0.1) is 5.82 Å². The average molecular weight is 352 g/mol.